The fourth-order valence-electron chi connectivity index (χ4n) is 3.21. The molecule has 1 aliphatic rings. The van der Waals surface area contributed by atoms with Crippen LogP contribution in [0, 0.1) is 0 Å². The summed E-state index contributed by atoms with van der Waals surface area (Å²) >= 11 is 7.79. The second kappa shape index (κ2) is 9.40. The van der Waals surface area contributed by atoms with Crippen LogP contribution in [0.25, 0.3) is 0 Å². The van der Waals surface area contributed by atoms with Crippen LogP contribution < -0.4 is 5.32 Å². The van der Waals surface area contributed by atoms with Crippen LogP contribution in [0.3, 0.4) is 0 Å². The lowest BCUT2D eigenvalue weighted by Crippen LogP contribution is -2.45. The van der Waals surface area contributed by atoms with Crippen molar-refractivity contribution in [2.45, 2.75) is 24.0 Å². The monoisotopic (exact) mass is 390 g/mol. The Kier molecular flexibility index (Phi) is 6.94. The minimum atomic E-state index is -0.104. The van der Waals surface area contributed by atoms with Crippen LogP contribution in [0.4, 0.5) is 0 Å². The van der Waals surface area contributed by atoms with Gasteiger partial charge in [-0.05, 0) is 42.2 Å². The third kappa shape index (κ3) is 5.22. The molecule has 1 aliphatic heterocycles. The molecule has 1 N–H and O–H groups in total. The zero-order valence-corrected chi connectivity index (χ0v) is 16.2. The van der Waals surface area contributed by atoms with Crippen molar-refractivity contribution in [3.05, 3.63) is 64.9 Å². The number of thioether (sulfide) groups is 1. The van der Waals surface area contributed by atoms with E-state index < -0.39 is 0 Å². The summed E-state index contributed by atoms with van der Waals surface area (Å²) in [5.74, 6) is 1.29. The van der Waals surface area contributed by atoms with E-state index in [2.05, 4.69) is 16.4 Å². The van der Waals surface area contributed by atoms with Gasteiger partial charge < -0.3 is 10.1 Å². The molecular weight excluding hydrogens is 368 g/mol. The standard InChI is InChI=1S/C20H23ClN2O2S/c21-18-5-1-4-17(11-18)20(6-9-25-10-7-20)15-23-19(24)14-26-13-16-3-2-8-22-12-16/h1-5,8,11-12H,6-7,9-10,13-15H2,(H,23,24). The fourth-order valence-corrected chi connectivity index (χ4v) is 4.20. The largest absolute Gasteiger partial charge is 0.381 e. The first-order valence-electron chi connectivity index (χ1n) is 8.75. The van der Waals surface area contributed by atoms with Crippen LogP contribution in [-0.4, -0.2) is 36.4 Å². The van der Waals surface area contributed by atoms with Crippen molar-refractivity contribution in [2.24, 2.45) is 0 Å². The summed E-state index contributed by atoms with van der Waals surface area (Å²) in [6.45, 7) is 2.03. The minimum absolute atomic E-state index is 0.0618. The minimum Gasteiger partial charge on any atom is -0.381 e. The molecule has 1 saturated heterocycles. The molecule has 0 radical (unpaired) electrons. The van der Waals surface area contributed by atoms with Crippen molar-refractivity contribution in [1.82, 2.24) is 10.3 Å². The van der Waals surface area contributed by atoms with Gasteiger partial charge >= 0.3 is 0 Å². The number of hydrogen-bond donors (Lipinski definition) is 1. The number of carbonyl (C=O) groups is 1. The van der Waals surface area contributed by atoms with Gasteiger partial charge in [0.15, 0.2) is 0 Å². The molecule has 138 valence electrons. The number of carbonyl (C=O) groups excluding carboxylic acids is 1. The maximum Gasteiger partial charge on any atom is 0.230 e. The molecular formula is C20H23ClN2O2S. The molecule has 2 heterocycles. The Hall–Kier alpha value is -1.56. The first-order chi connectivity index (χ1) is 12.7. The highest BCUT2D eigenvalue weighted by molar-refractivity contribution is 7.99. The summed E-state index contributed by atoms with van der Waals surface area (Å²) in [5, 5.41) is 3.85. The normalized spacial score (nSPS) is 16.2. The van der Waals surface area contributed by atoms with Crippen LogP contribution in [0.5, 0.6) is 0 Å². The molecule has 1 fully saturated rings. The van der Waals surface area contributed by atoms with Gasteiger partial charge in [-0.3, -0.25) is 9.78 Å². The quantitative estimate of drug-likeness (QED) is 0.780. The van der Waals surface area contributed by atoms with Gasteiger partial charge in [0.1, 0.15) is 0 Å². The van der Waals surface area contributed by atoms with E-state index in [1.165, 1.54) is 5.56 Å². The first-order valence-corrected chi connectivity index (χ1v) is 10.3. The molecule has 26 heavy (non-hydrogen) atoms. The zero-order chi connectivity index (χ0) is 18.2. The summed E-state index contributed by atoms with van der Waals surface area (Å²) in [6, 6.07) is 11.9. The number of rotatable bonds is 7. The van der Waals surface area contributed by atoms with Gasteiger partial charge in [-0.2, -0.15) is 0 Å². The van der Waals surface area contributed by atoms with E-state index >= 15 is 0 Å². The van der Waals surface area contributed by atoms with E-state index in [9.17, 15) is 4.79 Å². The molecule has 2 aromatic rings. The van der Waals surface area contributed by atoms with Crippen molar-refractivity contribution in [2.75, 3.05) is 25.5 Å². The van der Waals surface area contributed by atoms with E-state index in [0.29, 0.717) is 25.5 Å². The number of pyridine rings is 1. The smallest absolute Gasteiger partial charge is 0.230 e. The lowest BCUT2D eigenvalue weighted by Gasteiger charge is -2.38. The molecule has 0 atom stereocenters. The Bertz CT molecular complexity index is 721. The fraction of sp³-hybridized carbons (Fsp3) is 0.400. The zero-order valence-electron chi connectivity index (χ0n) is 14.6. The van der Waals surface area contributed by atoms with Crippen molar-refractivity contribution >= 4 is 29.3 Å². The molecule has 1 aromatic carbocycles. The summed E-state index contributed by atoms with van der Waals surface area (Å²) in [6.07, 6.45) is 5.36. The molecule has 0 saturated carbocycles. The summed E-state index contributed by atoms with van der Waals surface area (Å²) < 4.78 is 5.54. The maximum atomic E-state index is 12.3. The predicted molar refractivity (Wildman–Crippen MR) is 107 cm³/mol. The maximum absolute atomic E-state index is 12.3. The third-order valence-corrected chi connectivity index (χ3v) is 5.97. The van der Waals surface area contributed by atoms with E-state index in [0.717, 1.165) is 29.2 Å². The van der Waals surface area contributed by atoms with Gasteiger partial charge in [0.2, 0.25) is 5.91 Å². The first kappa shape index (κ1) is 19.2. The number of aromatic nitrogens is 1. The van der Waals surface area contributed by atoms with Crippen LogP contribution in [0.15, 0.2) is 48.8 Å². The molecule has 0 unspecified atom stereocenters. The lowest BCUT2D eigenvalue weighted by atomic mass is 9.74. The van der Waals surface area contributed by atoms with Crippen LogP contribution in [-0.2, 0) is 20.7 Å². The second-order valence-electron chi connectivity index (χ2n) is 6.53. The molecule has 0 aliphatic carbocycles. The lowest BCUT2D eigenvalue weighted by molar-refractivity contribution is -0.119. The Morgan fingerprint density at radius 2 is 2.12 bits per heavy atom. The molecule has 1 amide bonds. The number of nitrogens with one attached hydrogen (secondary N) is 1. The second-order valence-corrected chi connectivity index (χ2v) is 7.96. The molecule has 6 heteroatoms. The number of halogens is 1. The van der Waals surface area contributed by atoms with E-state index in [4.69, 9.17) is 16.3 Å². The average Bonchev–Trinajstić information content (AvgIpc) is 2.68. The molecule has 4 nitrogen and oxygen atoms in total. The van der Waals surface area contributed by atoms with Crippen molar-refractivity contribution < 1.29 is 9.53 Å². The van der Waals surface area contributed by atoms with Crippen molar-refractivity contribution in [3.63, 3.8) is 0 Å². The molecule has 0 spiro atoms. The Morgan fingerprint density at radius 3 is 2.85 bits per heavy atom. The SMILES string of the molecule is O=C(CSCc1cccnc1)NCC1(c2cccc(Cl)c2)CCOCC1. The van der Waals surface area contributed by atoms with Crippen LogP contribution in [0.2, 0.25) is 5.02 Å². The highest BCUT2D eigenvalue weighted by Crippen LogP contribution is 2.35. The topological polar surface area (TPSA) is 51.2 Å². The number of nitrogens with zero attached hydrogens (tertiary/aromatic N) is 1. The Balaban J connectivity index is 1.55. The molecule has 1 aromatic heterocycles. The Labute approximate surface area is 163 Å². The number of amides is 1. The summed E-state index contributed by atoms with van der Waals surface area (Å²) in [5.41, 5.74) is 2.20. The van der Waals surface area contributed by atoms with Crippen LogP contribution >= 0.6 is 23.4 Å². The third-order valence-electron chi connectivity index (χ3n) is 4.74. The van der Waals surface area contributed by atoms with E-state index in [1.807, 2.05) is 36.5 Å². The van der Waals surface area contributed by atoms with Gasteiger partial charge in [-0.25, -0.2) is 0 Å². The van der Waals surface area contributed by atoms with Gasteiger partial charge in [-0.1, -0.05) is 29.8 Å². The number of benzene rings is 1. The van der Waals surface area contributed by atoms with Crippen LogP contribution in [0.1, 0.15) is 24.0 Å². The summed E-state index contributed by atoms with van der Waals surface area (Å²) in [4.78, 5) is 16.4. The van der Waals surface area contributed by atoms with Gasteiger partial charge in [0, 0.05) is 48.3 Å². The molecule has 0 bridgehead atoms. The van der Waals surface area contributed by atoms with E-state index in [1.54, 1.807) is 18.0 Å². The van der Waals surface area contributed by atoms with Crippen molar-refractivity contribution in [3.8, 4) is 0 Å². The van der Waals surface area contributed by atoms with Gasteiger partial charge in [0.05, 0.1) is 5.75 Å². The predicted octanol–water partition coefficient (Wildman–Crippen LogP) is 3.83. The van der Waals surface area contributed by atoms with Gasteiger partial charge in [0.25, 0.3) is 0 Å². The molecule has 3 rings (SSSR count). The summed E-state index contributed by atoms with van der Waals surface area (Å²) in [7, 11) is 0. The highest BCUT2D eigenvalue weighted by atomic mass is 35.5. The van der Waals surface area contributed by atoms with E-state index in [-0.39, 0.29) is 11.3 Å². The Morgan fingerprint density at radius 1 is 1.27 bits per heavy atom. The van der Waals surface area contributed by atoms with Gasteiger partial charge in [-0.15, -0.1) is 11.8 Å². The average molecular weight is 391 g/mol. The number of ether oxygens (including phenoxy) is 1. The highest BCUT2D eigenvalue weighted by Gasteiger charge is 2.34. The number of hydrogen-bond acceptors (Lipinski definition) is 4. The van der Waals surface area contributed by atoms with Crippen molar-refractivity contribution in [1.29, 1.82) is 0 Å².